The predicted octanol–water partition coefficient (Wildman–Crippen LogP) is 1.93. The van der Waals surface area contributed by atoms with Gasteiger partial charge in [-0.3, -0.25) is 9.59 Å². The second kappa shape index (κ2) is 5.91. The zero-order valence-electron chi connectivity index (χ0n) is 11.8. The number of aliphatic hydroxyl groups excluding tert-OH is 1. The van der Waals surface area contributed by atoms with E-state index in [1.165, 1.54) is 14.0 Å². The summed E-state index contributed by atoms with van der Waals surface area (Å²) >= 11 is 0. The molecule has 0 unspecified atom stereocenters. The fourth-order valence-electron chi connectivity index (χ4n) is 2.65. The van der Waals surface area contributed by atoms with Crippen LogP contribution < -0.4 is 0 Å². The lowest BCUT2D eigenvalue weighted by Gasteiger charge is -2.28. The van der Waals surface area contributed by atoms with E-state index in [-0.39, 0.29) is 17.8 Å². The van der Waals surface area contributed by atoms with Crippen molar-refractivity contribution in [2.75, 3.05) is 7.11 Å². The lowest BCUT2D eigenvalue weighted by atomic mass is 9.75. The van der Waals surface area contributed by atoms with Crippen LogP contribution in [0.1, 0.15) is 24.8 Å². The molecule has 2 atom stereocenters. The molecule has 0 saturated heterocycles. The lowest BCUT2D eigenvalue weighted by Crippen LogP contribution is -2.34. The maximum atomic E-state index is 12.1. The molecule has 0 aromatic heterocycles. The minimum absolute atomic E-state index is 0.0106. The third-order valence-electron chi connectivity index (χ3n) is 3.64. The number of esters is 1. The number of hydrogen-bond acceptors (Lipinski definition) is 5. The Bertz CT molecular complexity index is 615. The number of ether oxygens (including phenoxy) is 1. The van der Waals surface area contributed by atoms with Gasteiger partial charge < -0.3 is 9.84 Å². The van der Waals surface area contributed by atoms with Gasteiger partial charge in [0.25, 0.3) is 0 Å². The molecule has 1 aliphatic rings. The lowest BCUT2D eigenvalue weighted by molar-refractivity contribution is -0.137. The Morgan fingerprint density at radius 1 is 1.24 bits per heavy atom. The number of carbonyl (C=O) groups excluding carboxylic acids is 3. The molecule has 5 heteroatoms. The molecular weight excluding hydrogens is 272 g/mol. The highest BCUT2D eigenvalue weighted by Crippen LogP contribution is 2.38. The summed E-state index contributed by atoms with van der Waals surface area (Å²) in [7, 11) is 1.20. The van der Waals surface area contributed by atoms with Gasteiger partial charge in [0.1, 0.15) is 17.5 Å². The van der Waals surface area contributed by atoms with Crippen LogP contribution in [0, 0.1) is 5.92 Å². The Balaban J connectivity index is 2.58. The van der Waals surface area contributed by atoms with Crippen molar-refractivity contribution in [1.82, 2.24) is 0 Å². The van der Waals surface area contributed by atoms with Crippen molar-refractivity contribution in [1.29, 1.82) is 0 Å². The van der Waals surface area contributed by atoms with Gasteiger partial charge in [0, 0.05) is 12.3 Å². The molecule has 0 amide bonds. The molecule has 2 rings (SSSR count). The summed E-state index contributed by atoms with van der Waals surface area (Å²) in [5, 5.41) is 10.2. The molecule has 0 aliphatic heterocycles. The average molecular weight is 288 g/mol. The van der Waals surface area contributed by atoms with Gasteiger partial charge in [-0.25, -0.2) is 4.79 Å². The zero-order valence-corrected chi connectivity index (χ0v) is 11.8. The molecule has 1 N–H and O–H groups in total. The summed E-state index contributed by atoms with van der Waals surface area (Å²) < 4.78 is 4.70. The summed E-state index contributed by atoms with van der Waals surface area (Å²) in [4.78, 5) is 35.6. The van der Waals surface area contributed by atoms with Crippen LogP contribution in [0.5, 0.6) is 0 Å². The first-order valence-corrected chi connectivity index (χ1v) is 6.56. The minimum Gasteiger partial charge on any atom is -0.510 e. The number of aliphatic hydroxyl groups is 1. The smallest absolute Gasteiger partial charge is 0.337 e. The minimum atomic E-state index is -1.26. The zero-order chi connectivity index (χ0) is 15.6. The molecule has 0 spiro atoms. The SMILES string of the molecule is COC(=O)C1=C(O)[C@@H](C(C)=O)C(=O)C[C@@H]1c1ccccc1. The van der Waals surface area contributed by atoms with E-state index in [0.717, 1.165) is 5.56 Å². The van der Waals surface area contributed by atoms with Gasteiger partial charge in [-0.15, -0.1) is 0 Å². The summed E-state index contributed by atoms with van der Waals surface area (Å²) in [5.74, 6) is -3.94. The van der Waals surface area contributed by atoms with Crippen molar-refractivity contribution < 1.29 is 24.2 Å². The second-order valence-corrected chi connectivity index (χ2v) is 4.97. The molecule has 0 radical (unpaired) electrons. The van der Waals surface area contributed by atoms with Crippen molar-refractivity contribution in [3.05, 3.63) is 47.2 Å². The van der Waals surface area contributed by atoms with E-state index >= 15 is 0 Å². The molecule has 0 fully saturated rings. The number of hydrogen-bond donors (Lipinski definition) is 1. The van der Waals surface area contributed by atoms with E-state index in [9.17, 15) is 19.5 Å². The van der Waals surface area contributed by atoms with Gasteiger partial charge in [-0.2, -0.15) is 0 Å². The monoisotopic (exact) mass is 288 g/mol. The molecular formula is C16H16O5. The molecule has 1 aromatic carbocycles. The topological polar surface area (TPSA) is 80.7 Å². The highest BCUT2D eigenvalue weighted by molar-refractivity contribution is 6.08. The van der Waals surface area contributed by atoms with E-state index in [2.05, 4.69) is 0 Å². The van der Waals surface area contributed by atoms with Crippen molar-refractivity contribution >= 4 is 17.5 Å². The molecule has 1 aliphatic carbocycles. The fourth-order valence-corrected chi connectivity index (χ4v) is 2.65. The number of rotatable bonds is 3. The summed E-state index contributed by atoms with van der Waals surface area (Å²) in [6.45, 7) is 1.22. The standard InChI is InChI=1S/C16H16O5/c1-9(17)13-12(18)8-11(10-6-4-3-5-7-10)14(15(13)19)16(20)21-2/h3-7,11,13,19H,8H2,1-2H3/t11-,13+/m1/s1. The molecule has 0 heterocycles. The highest BCUT2D eigenvalue weighted by Gasteiger charge is 2.42. The normalized spacial score (nSPS) is 22.1. The number of benzene rings is 1. The molecule has 0 bridgehead atoms. The van der Waals surface area contributed by atoms with Gasteiger partial charge in [0.2, 0.25) is 0 Å². The number of methoxy groups -OCH3 is 1. The number of Topliss-reactive ketones (excluding diaryl/α,β-unsaturated/α-hetero) is 2. The van der Waals surface area contributed by atoms with Crippen molar-refractivity contribution in [3.63, 3.8) is 0 Å². The fraction of sp³-hybridized carbons (Fsp3) is 0.312. The average Bonchev–Trinajstić information content (AvgIpc) is 2.46. The first kappa shape index (κ1) is 15.0. The van der Waals surface area contributed by atoms with Crippen LogP contribution in [0.2, 0.25) is 0 Å². The van der Waals surface area contributed by atoms with Gasteiger partial charge in [-0.05, 0) is 12.5 Å². The highest BCUT2D eigenvalue weighted by atomic mass is 16.5. The molecule has 0 saturated carbocycles. The van der Waals surface area contributed by atoms with Gasteiger partial charge in [-0.1, -0.05) is 30.3 Å². The number of ketones is 2. The van der Waals surface area contributed by atoms with Crippen molar-refractivity contribution in [2.24, 2.45) is 5.92 Å². The van der Waals surface area contributed by atoms with Crippen LogP contribution in [0.4, 0.5) is 0 Å². The number of allylic oxidation sites excluding steroid dienone is 1. The predicted molar refractivity (Wildman–Crippen MR) is 74.6 cm³/mol. The quantitative estimate of drug-likeness (QED) is 0.679. The van der Waals surface area contributed by atoms with E-state index in [1.807, 2.05) is 6.07 Å². The van der Waals surface area contributed by atoms with Crippen LogP contribution in [-0.2, 0) is 19.1 Å². The Morgan fingerprint density at radius 3 is 2.38 bits per heavy atom. The van der Waals surface area contributed by atoms with Crippen LogP contribution in [-0.4, -0.2) is 29.8 Å². The van der Waals surface area contributed by atoms with E-state index < -0.39 is 29.3 Å². The van der Waals surface area contributed by atoms with Gasteiger partial charge in [0.05, 0.1) is 12.7 Å². The van der Waals surface area contributed by atoms with Crippen molar-refractivity contribution in [3.8, 4) is 0 Å². The number of carbonyl (C=O) groups is 3. The largest absolute Gasteiger partial charge is 0.510 e. The Morgan fingerprint density at radius 2 is 1.86 bits per heavy atom. The third-order valence-corrected chi connectivity index (χ3v) is 3.64. The summed E-state index contributed by atoms with van der Waals surface area (Å²) in [6.07, 6.45) is -0.0112. The summed E-state index contributed by atoms with van der Waals surface area (Å²) in [6, 6.07) is 8.91. The van der Waals surface area contributed by atoms with Crippen LogP contribution >= 0.6 is 0 Å². The van der Waals surface area contributed by atoms with Gasteiger partial charge >= 0.3 is 5.97 Å². The first-order valence-electron chi connectivity index (χ1n) is 6.56. The third kappa shape index (κ3) is 2.72. The van der Waals surface area contributed by atoms with E-state index in [0.29, 0.717) is 0 Å². The molecule has 21 heavy (non-hydrogen) atoms. The maximum Gasteiger partial charge on any atom is 0.337 e. The Kier molecular flexibility index (Phi) is 4.21. The Labute approximate surface area is 122 Å². The molecule has 5 nitrogen and oxygen atoms in total. The van der Waals surface area contributed by atoms with E-state index in [1.54, 1.807) is 24.3 Å². The second-order valence-electron chi connectivity index (χ2n) is 4.97. The van der Waals surface area contributed by atoms with Crippen LogP contribution in [0.25, 0.3) is 0 Å². The summed E-state index contributed by atoms with van der Waals surface area (Å²) in [5.41, 5.74) is 0.711. The maximum absolute atomic E-state index is 12.1. The first-order chi connectivity index (χ1) is 9.97. The molecule has 110 valence electrons. The Hall–Kier alpha value is -2.43. The van der Waals surface area contributed by atoms with Gasteiger partial charge in [0.15, 0.2) is 5.78 Å². The van der Waals surface area contributed by atoms with Crippen LogP contribution in [0.15, 0.2) is 41.7 Å². The van der Waals surface area contributed by atoms with Crippen LogP contribution in [0.3, 0.4) is 0 Å². The molecule has 1 aromatic rings. The van der Waals surface area contributed by atoms with Crippen molar-refractivity contribution in [2.45, 2.75) is 19.3 Å². The van der Waals surface area contributed by atoms with E-state index in [4.69, 9.17) is 4.74 Å².